The van der Waals surface area contributed by atoms with E-state index in [4.69, 9.17) is 29.1 Å². The molecule has 5 rings (SSSR count). The number of nitrogens with zero attached hydrogens (tertiary/aromatic N) is 3. The highest BCUT2D eigenvalue weighted by Crippen LogP contribution is 2.41. The molecule has 0 aliphatic carbocycles. The molecule has 0 saturated heterocycles. The summed E-state index contributed by atoms with van der Waals surface area (Å²) in [5.41, 5.74) is 1.22. The Morgan fingerprint density at radius 1 is 1.14 bits per heavy atom. The maximum Gasteiger partial charge on any atom is 0.283 e. The summed E-state index contributed by atoms with van der Waals surface area (Å²) in [6.07, 6.45) is 2.42. The number of methoxy groups -OCH3 is 2. The molecule has 0 spiro atoms. The quantitative estimate of drug-likeness (QED) is 0.538. The van der Waals surface area contributed by atoms with Crippen LogP contribution in [-0.4, -0.2) is 62.0 Å². The fraction of sp³-hybridized carbons (Fsp3) is 0.217. The van der Waals surface area contributed by atoms with Crippen molar-refractivity contribution in [3.05, 3.63) is 47.0 Å². The molecule has 0 aromatic heterocycles. The van der Waals surface area contributed by atoms with Crippen LogP contribution in [0.15, 0.2) is 46.0 Å². The molecule has 3 aliphatic rings. The molecule has 37 heavy (non-hydrogen) atoms. The summed E-state index contributed by atoms with van der Waals surface area (Å²) in [6, 6.07) is 8.72. The van der Waals surface area contributed by atoms with Crippen LogP contribution in [0.5, 0.6) is 28.7 Å². The van der Waals surface area contributed by atoms with Crippen LogP contribution in [0.4, 0.5) is 0 Å². The maximum atomic E-state index is 12.7. The number of rotatable bonds is 6. The van der Waals surface area contributed by atoms with Crippen molar-refractivity contribution in [3.8, 4) is 28.7 Å². The van der Waals surface area contributed by atoms with Crippen LogP contribution < -0.4 is 23.7 Å². The van der Waals surface area contributed by atoms with E-state index in [1.54, 1.807) is 18.2 Å². The number of hydrogen-bond donors (Lipinski definition) is 1. The van der Waals surface area contributed by atoms with Gasteiger partial charge in [-0.2, -0.15) is 10.0 Å². The third-order valence-corrected chi connectivity index (χ3v) is 7.94. The summed E-state index contributed by atoms with van der Waals surface area (Å²) in [6.45, 7) is 0.365. The lowest BCUT2D eigenvalue weighted by molar-refractivity contribution is -0.114. The number of amides is 1. The molecule has 12 nitrogen and oxygen atoms in total. The van der Waals surface area contributed by atoms with Crippen LogP contribution >= 0.6 is 11.8 Å². The number of ether oxygens (including phenoxy) is 5. The number of hydrogen-bond acceptors (Lipinski definition) is 11. The summed E-state index contributed by atoms with van der Waals surface area (Å²) in [7, 11) is -0.697. The predicted molar refractivity (Wildman–Crippen MR) is 136 cm³/mol. The van der Waals surface area contributed by atoms with Crippen molar-refractivity contribution in [2.24, 2.45) is 10.1 Å². The third kappa shape index (κ3) is 4.72. The Kier molecular flexibility index (Phi) is 6.29. The van der Waals surface area contributed by atoms with Crippen LogP contribution in [0, 0.1) is 5.41 Å². The van der Waals surface area contributed by atoms with Gasteiger partial charge in [0, 0.05) is 6.26 Å². The third-order valence-electron chi connectivity index (χ3n) is 5.37. The molecule has 0 unspecified atom stereocenters. The molecule has 2 aromatic rings. The van der Waals surface area contributed by atoms with E-state index >= 15 is 0 Å². The van der Waals surface area contributed by atoms with E-state index in [0.717, 1.165) is 28.6 Å². The highest BCUT2D eigenvalue weighted by atomic mass is 32.3. The SMILES string of the molecule is COc1cc(/C=C2\C(=N)N3N=C(S(C)(=O)=O)SC3=NC2=O)cc(OC)c1OCc1ccc2c(c1)OCO2. The fourth-order valence-corrected chi connectivity index (χ4v) is 5.29. The Hall–Kier alpha value is -4.04. The van der Waals surface area contributed by atoms with E-state index in [9.17, 15) is 13.2 Å². The Morgan fingerprint density at radius 2 is 1.84 bits per heavy atom. The minimum absolute atomic E-state index is 0.00926. The number of sulfone groups is 1. The van der Waals surface area contributed by atoms with Gasteiger partial charge < -0.3 is 23.7 Å². The monoisotopic (exact) mass is 544 g/mol. The second-order valence-electron chi connectivity index (χ2n) is 7.89. The normalized spacial score (nSPS) is 17.5. The molecule has 3 aliphatic heterocycles. The summed E-state index contributed by atoms with van der Waals surface area (Å²) in [5, 5.41) is 13.4. The minimum atomic E-state index is -3.63. The van der Waals surface area contributed by atoms with Gasteiger partial charge in [0.15, 0.2) is 28.8 Å². The van der Waals surface area contributed by atoms with Crippen molar-refractivity contribution in [1.29, 1.82) is 5.41 Å². The van der Waals surface area contributed by atoms with E-state index in [1.165, 1.54) is 20.3 Å². The van der Waals surface area contributed by atoms with Crippen LogP contribution in [0.25, 0.3) is 6.08 Å². The summed E-state index contributed by atoms with van der Waals surface area (Å²) in [4.78, 5) is 16.6. The summed E-state index contributed by atoms with van der Waals surface area (Å²) >= 11 is 0.719. The lowest BCUT2D eigenvalue weighted by Gasteiger charge is -2.20. The van der Waals surface area contributed by atoms with E-state index in [2.05, 4.69) is 10.1 Å². The number of fused-ring (bicyclic) bond motifs is 2. The molecular weight excluding hydrogens is 524 g/mol. The topological polar surface area (TPSA) is 149 Å². The molecule has 1 amide bonds. The maximum absolute atomic E-state index is 12.7. The van der Waals surface area contributed by atoms with Crippen LogP contribution in [0.1, 0.15) is 11.1 Å². The molecule has 0 radical (unpaired) electrons. The molecule has 0 fully saturated rings. The van der Waals surface area contributed by atoms with Gasteiger partial charge in [-0.05, 0) is 53.2 Å². The van der Waals surface area contributed by atoms with Gasteiger partial charge in [0.05, 0.1) is 19.8 Å². The molecule has 3 heterocycles. The number of amidine groups is 2. The first-order valence-electron chi connectivity index (χ1n) is 10.7. The molecule has 192 valence electrons. The second kappa shape index (κ2) is 9.44. The summed E-state index contributed by atoms with van der Waals surface area (Å²) < 4.78 is 51.2. The Bertz CT molecular complexity index is 1510. The van der Waals surface area contributed by atoms with Gasteiger partial charge in [-0.3, -0.25) is 10.2 Å². The van der Waals surface area contributed by atoms with E-state index in [-0.39, 0.29) is 34.4 Å². The Labute approximate surface area is 215 Å². The lowest BCUT2D eigenvalue weighted by Crippen LogP contribution is -2.35. The van der Waals surface area contributed by atoms with Gasteiger partial charge in [-0.1, -0.05) is 6.07 Å². The number of aliphatic imine (C=N–C) groups is 1. The zero-order chi connectivity index (χ0) is 26.3. The zero-order valence-corrected chi connectivity index (χ0v) is 21.4. The number of nitrogens with one attached hydrogen (secondary N) is 1. The first kappa shape index (κ1) is 24.6. The van der Waals surface area contributed by atoms with Gasteiger partial charge in [0.25, 0.3) is 5.91 Å². The molecule has 14 heteroatoms. The molecule has 0 atom stereocenters. The van der Waals surface area contributed by atoms with Crippen molar-refractivity contribution in [2.75, 3.05) is 27.3 Å². The largest absolute Gasteiger partial charge is 0.493 e. The average Bonchev–Trinajstić information content (AvgIpc) is 3.52. The fourth-order valence-electron chi connectivity index (χ4n) is 3.60. The molecule has 2 aromatic carbocycles. The van der Waals surface area contributed by atoms with Crippen LogP contribution in [0.2, 0.25) is 0 Å². The van der Waals surface area contributed by atoms with Crippen molar-refractivity contribution in [3.63, 3.8) is 0 Å². The zero-order valence-electron chi connectivity index (χ0n) is 19.8. The number of thioether (sulfide) groups is 1. The summed E-state index contributed by atoms with van der Waals surface area (Å²) in [5.74, 6) is 1.31. The number of benzene rings is 2. The average molecular weight is 545 g/mol. The highest BCUT2D eigenvalue weighted by Gasteiger charge is 2.38. The number of carbonyl (C=O) groups excluding carboxylic acids is 1. The minimum Gasteiger partial charge on any atom is -0.493 e. The van der Waals surface area contributed by atoms with Crippen molar-refractivity contribution < 1.29 is 36.9 Å². The first-order valence-corrected chi connectivity index (χ1v) is 13.4. The Morgan fingerprint density at radius 3 is 2.51 bits per heavy atom. The lowest BCUT2D eigenvalue weighted by atomic mass is 10.1. The van der Waals surface area contributed by atoms with E-state index in [0.29, 0.717) is 34.3 Å². The van der Waals surface area contributed by atoms with Gasteiger partial charge in [-0.15, -0.1) is 5.10 Å². The van der Waals surface area contributed by atoms with E-state index < -0.39 is 15.7 Å². The van der Waals surface area contributed by atoms with Crippen LogP contribution in [0.3, 0.4) is 0 Å². The van der Waals surface area contributed by atoms with Gasteiger partial charge in [0.1, 0.15) is 6.61 Å². The highest BCUT2D eigenvalue weighted by molar-refractivity contribution is 8.42. The first-order chi connectivity index (χ1) is 17.7. The standard InChI is InChI=1S/C23H20N4O8S2/c1-31-17-8-13(6-14-20(24)27-22(25-21(14)28)36-23(26-27)37(3,29)30)9-18(32-2)19(17)33-10-12-4-5-15-16(7-12)35-11-34-15/h4-9,24H,10-11H2,1-3H3/b14-6+,24-20?. The molecule has 0 saturated carbocycles. The van der Waals surface area contributed by atoms with Gasteiger partial charge in [-0.25, -0.2) is 8.42 Å². The number of carbonyl (C=O) groups is 1. The molecule has 0 bridgehead atoms. The van der Waals surface area contributed by atoms with Crippen LogP contribution in [-0.2, 0) is 21.2 Å². The molecule has 1 N–H and O–H groups in total. The van der Waals surface area contributed by atoms with Crippen molar-refractivity contribution in [1.82, 2.24) is 5.01 Å². The number of hydrazone groups is 1. The molecular formula is C23H20N4O8S2. The van der Waals surface area contributed by atoms with Crippen molar-refractivity contribution >= 4 is 49.0 Å². The van der Waals surface area contributed by atoms with E-state index in [1.807, 2.05) is 12.1 Å². The van der Waals surface area contributed by atoms with Gasteiger partial charge in [0.2, 0.25) is 31.9 Å². The smallest absolute Gasteiger partial charge is 0.283 e. The Balaban J connectivity index is 1.43. The van der Waals surface area contributed by atoms with Crippen molar-refractivity contribution in [2.45, 2.75) is 6.61 Å². The second-order valence-corrected chi connectivity index (χ2v) is 11.0. The van der Waals surface area contributed by atoms with Gasteiger partial charge >= 0.3 is 0 Å². The predicted octanol–water partition coefficient (Wildman–Crippen LogP) is 2.63.